The van der Waals surface area contributed by atoms with Gasteiger partial charge < -0.3 is 9.64 Å². The van der Waals surface area contributed by atoms with Crippen molar-refractivity contribution in [3.63, 3.8) is 0 Å². The molecule has 19 heavy (non-hydrogen) atoms. The minimum absolute atomic E-state index is 0.145. The van der Waals surface area contributed by atoms with Crippen molar-refractivity contribution >= 4 is 17.3 Å². The smallest absolute Gasteiger partial charge is 0.373 e. The fraction of sp³-hybridized carbons (Fsp3) is 0.500. The zero-order chi connectivity index (χ0) is 14.0. The summed E-state index contributed by atoms with van der Waals surface area (Å²) < 4.78 is 56.4. The average Bonchev–Trinajstić information content (AvgIpc) is 2.37. The van der Waals surface area contributed by atoms with Gasteiger partial charge in [-0.3, -0.25) is 0 Å². The first-order valence-electron chi connectivity index (χ1n) is 5.71. The van der Waals surface area contributed by atoms with E-state index in [1.165, 1.54) is 0 Å². The Morgan fingerprint density at radius 1 is 1.37 bits per heavy atom. The van der Waals surface area contributed by atoms with E-state index in [-0.39, 0.29) is 17.7 Å². The van der Waals surface area contributed by atoms with E-state index in [4.69, 9.17) is 16.3 Å². The summed E-state index contributed by atoms with van der Waals surface area (Å²) in [5, 5.41) is 0. The largest absolute Gasteiger partial charge is 0.416 e. The van der Waals surface area contributed by atoms with Crippen LogP contribution in [-0.4, -0.2) is 31.7 Å². The number of benzene rings is 1. The molecule has 1 fully saturated rings. The molecule has 1 aromatic carbocycles. The lowest BCUT2D eigenvalue weighted by Gasteiger charge is -2.34. The lowest BCUT2D eigenvalue weighted by atomic mass is 10.1. The molecular formula is C12H12ClF4NO. The van der Waals surface area contributed by atoms with Gasteiger partial charge in [0.25, 0.3) is 0 Å². The SMILES string of the molecule is Fc1cc(C(F)(F)F)ccc1N1CCOC(CCl)C1. The molecule has 1 aliphatic heterocycles. The van der Waals surface area contributed by atoms with E-state index >= 15 is 0 Å². The number of nitrogens with zero attached hydrogens (tertiary/aromatic N) is 1. The van der Waals surface area contributed by atoms with Crippen LogP contribution in [0.1, 0.15) is 5.56 Å². The minimum atomic E-state index is -4.54. The molecular weight excluding hydrogens is 286 g/mol. The van der Waals surface area contributed by atoms with E-state index in [9.17, 15) is 17.6 Å². The van der Waals surface area contributed by atoms with Crippen molar-refractivity contribution in [1.82, 2.24) is 0 Å². The second-order valence-electron chi connectivity index (χ2n) is 4.26. The first-order chi connectivity index (χ1) is 8.91. The molecule has 1 saturated heterocycles. The number of rotatable bonds is 2. The maximum absolute atomic E-state index is 13.8. The Balaban J connectivity index is 2.21. The van der Waals surface area contributed by atoms with Gasteiger partial charge in [-0.25, -0.2) is 4.39 Å². The van der Waals surface area contributed by atoms with Gasteiger partial charge in [-0.05, 0) is 18.2 Å². The molecule has 1 atom stereocenters. The Kier molecular flexibility index (Phi) is 4.20. The van der Waals surface area contributed by atoms with Crippen molar-refractivity contribution in [3.05, 3.63) is 29.6 Å². The third-order valence-electron chi connectivity index (χ3n) is 2.93. The van der Waals surface area contributed by atoms with Crippen LogP contribution in [0.4, 0.5) is 23.2 Å². The van der Waals surface area contributed by atoms with Crippen molar-refractivity contribution in [2.75, 3.05) is 30.5 Å². The number of anilines is 1. The summed E-state index contributed by atoms with van der Waals surface area (Å²) >= 11 is 5.66. The molecule has 0 aliphatic carbocycles. The lowest BCUT2D eigenvalue weighted by Crippen LogP contribution is -2.43. The summed E-state index contributed by atoms with van der Waals surface area (Å²) in [7, 11) is 0. The van der Waals surface area contributed by atoms with Gasteiger partial charge in [0.15, 0.2) is 0 Å². The summed E-state index contributed by atoms with van der Waals surface area (Å²) in [5.41, 5.74) is -0.845. The van der Waals surface area contributed by atoms with Gasteiger partial charge in [0, 0.05) is 13.1 Å². The monoisotopic (exact) mass is 297 g/mol. The van der Waals surface area contributed by atoms with Gasteiger partial charge in [-0.15, -0.1) is 11.6 Å². The highest BCUT2D eigenvalue weighted by atomic mass is 35.5. The maximum Gasteiger partial charge on any atom is 0.416 e. The van der Waals surface area contributed by atoms with Crippen molar-refractivity contribution in [2.24, 2.45) is 0 Å². The first kappa shape index (κ1) is 14.4. The summed E-state index contributed by atoms with van der Waals surface area (Å²) in [6.07, 6.45) is -4.78. The van der Waals surface area contributed by atoms with Crippen molar-refractivity contribution in [3.8, 4) is 0 Å². The van der Waals surface area contributed by atoms with Crippen LogP contribution in [0.3, 0.4) is 0 Å². The molecule has 1 aliphatic rings. The molecule has 0 radical (unpaired) electrons. The third-order valence-corrected chi connectivity index (χ3v) is 3.27. The number of morpholine rings is 1. The van der Waals surface area contributed by atoms with E-state index in [1.54, 1.807) is 4.90 Å². The van der Waals surface area contributed by atoms with Crippen LogP contribution in [0.15, 0.2) is 18.2 Å². The fourth-order valence-electron chi connectivity index (χ4n) is 1.97. The molecule has 0 saturated carbocycles. The predicted molar refractivity (Wildman–Crippen MR) is 64.1 cm³/mol. The Labute approximate surface area is 112 Å². The predicted octanol–water partition coefficient (Wildman–Crippen LogP) is 3.29. The molecule has 1 heterocycles. The third kappa shape index (κ3) is 3.30. The van der Waals surface area contributed by atoms with Crippen LogP contribution in [0.2, 0.25) is 0 Å². The lowest BCUT2D eigenvalue weighted by molar-refractivity contribution is -0.137. The van der Waals surface area contributed by atoms with E-state index in [1.807, 2.05) is 0 Å². The average molecular weight is 298 g/mol. The van der Waals surface area contributed by atoms with E-state index in [2.05, 4.69) is 0 Å². The number of alkyl halides is 4. The highest BCUT2D eigenvalue weighted by molar-refractivity contribution is 6.18. The van der Waals surface area contributed by atoms with E-state index < -0.39 is 17.6 Å². The Morgan fingerprint density at radius 2 is 2.11 bits per heavy atom. The van der Waals surface area contributed by atoms with Crippen molar-refractivity contribution in [1.29, 1.82) is 0 Å². The zero-order valence-corrected chi connectivity index (χ0v) is 10.6. The Hall–Kier alpha value is -1.01. The van der Waals surface area contributed by atoms with Gasteiger partial charge in [0.05, 0.1) is 29.8 Å². The van der Waals surface area contributed by atoms with Gasteiger partial charge >= 0.3 is 6.18 Å². The Morgan fingerprint density at radius 3 is 2.68 bits per heavy atom. The molecule has 106 valence electrons. The number of halogens is 5. The molecule has 0 N–H and O–H groups in total. The molecule has 0 aromatic heterocycles. The molecule has 1 unspecified atom stereocenters. The van der Waals surface area contributed by atoms with E-state index in [0.29, 0.717) is 25.8 Å². The highest BCUT2D eigenvalue weighted by Gasteiger charge is 2.32. The van der Waals surface area contributed by atoms with Crippen LogP contribution in [-0.2, 0) is 10.9 Å². The zero-order valence-electron chi connectivity index (χ0n) is 9.88. The summed E-state index contributed by atoms with van der Waals surface area (Å²) in [6, 6.07) is 2.54. The fourth-order valence-corrected chi connectivity index (χ4v) is 2.16. The first-order valence-corrected chi connectivity index (χ1v) is 6.24. The van der Waals surface area contributed by atoms with Crippen LogP contribution >= 0.6 is 11.6 Å². The second-order valence-corrected chi connectivity index (χ2v) is 4.57. The normalized spacial score (nSPS) is 20.7. The standard InChI is InChI=1S/C12H12ClF4NO/c13-6-9-7-18(3-4-19-9)11-2-1-8(5-10(11)14)12(15,16)17/h1-2,5,9H,3-4,6-7H2. The number of ether oxygens (including phenoxy) is 1. The highest BCUT2D eigenvalue weighted by Crippen LogP contribution is 2.32. The van der Waals surface area contributed by atoms with Crippen LogP contribution in [0.25, 0.3) is 0 Å². The van der Waals surface area contributed by atoms with Gasteiger partial charge in [-0.2, -0.15) is 13.2 Å². The van der Waals surface area contributed by atoms with Crippen molar-refractivity contribution < 1.29 is 22.3 Å². The molecule has 0 bridgehead atoms. The number of hydrogen-bond acceptors (Lipinski definition) is 2. The summed E-state index contributed by atoms with van der Waals surface area (Å²) in [6.45, 7) is 1.17. The Bertz CT molecular complexity index is 452. The quantitative estimate of drug-likeness (QED) is 0.613. The molecule has 2 rings (SSSR count). The van der Waals surface area contributed by atoms with Crippen LogP contribution < -0.4 is 4.90 Å². The van der Waals surface area contributed by atoms with Crippen molar-refractivity contribution in [2.45, 2.75) is 12.3 Å². The minimum Gasteiger partial charge on any atom is -0.373 e. The topological polar surface area (TPSA) is 12.5 Å². The molecule has 0 amide bonds. The summed E-state index contributed by atoms with van der Waals surface area (Å²) in [4.78, 5) is 1.64. The van der Waals surface area contributed by atoms with Gasteiger partial charge in [-0.1, -0.05) is 0 Å². The summed E-state index contributed by atoms with van der Waals surface area (Å²) in [5.74, 6) is -0.622. The number of hydrogen-bond donors (Lipinski definition) is 0. The molecule has 2 nitrogen and oxygen atoms in total. The van der Waals surface area contributed by atoms with Crippen LogP contribution in [0, 0.1) is 5.82 Å². The van der Waals surface area contributed by atoms with Crippen LogP contribution in [0.5, 0.6) is 0 Å². The molecule has 7 heteroatoms. The van der Waals surface area contributed by atoms with Gasteiger partial charge in [0.1, 0.15) is 5.82 Å². The van der Waals surface area contributed by atoms with Gasteiger partial charge in [0.2, 0.25) is 0 Å². The maximum atomic E-state index is 13.8. The molecule has 0 spiro atoms. The second kappa shape index (κ2) is 5.54. The molecule has 1 aromatic rings. The van der Waals surface area contributed by atoms with E-state index in [0.717, 1.165) is 12.1 Å².